The molecule has 6 nitrogen and oxygen atoms in total. The van der Waals surface area contributed by atoms with E-state index >= 15 is 0 Å². The maximum Gasteiger partial charge on any atom is 0.263 e. The van der Waals surface area contributed by atoms with Crippen molar-refractivity contribution in [1.29, 1.82) is 0 Å². The van der Waals surface area contributed by atoms with E-state index in [1.165, 1.54) is 12.7 Å². The molecule has 0 spiro atoms. The van der Waals surface area contributed by atoms with Crippen LogP contribution in [0.5, 0.6) is 0 Å². The highest BCUT2D eigenvalue weighted by molar-refractivity contribution is 5.88. The first-order valence-corrected chi connectivity index (χ1v) is 6.76. The van der Waals surface area contributed by atoms with Crippen molar-refractivity contribution in [3.8, 4) is 0 Å². The fourth-order valence-electron chi connectivity index (χ4n) is 2.99. The second kappa shape index (κ2) is 4.77. The fourth-order valence-corrected chi connectivity index (χ4v) is 2.99. The number of piperidine rings is 1. The second-order valence-electron chi connectivity index (χ2n) is 5.26. The third-order valence-electron chi connectivity index (χ3n) is 4.05. The van der Waals surface area contributed by atoms with Crippen LogP contribution in [-0.4, -0.2) is 34.3 Å². The predicted octanol–water partition coefficient (Wildman–Crippen LogP) is 1.49. The van der Waals surface area contributed by atoms with Gasteiger partial charge in [0.1, 0.15) is 17.5 Å². The minimum absolute atomic E-state index is 0.321. The Morgan fingerprint density at radius 1 is 1.47 bits per heavy atom. The number of nitrogens with two attached hydrogens (primary N) is 1. The summed E-state index contributed by atoms with van der Waals surface area (Å²) in [5.74, 6) is 1.48. The van der Waals surface area contributed by atoms with Crippen LogP contribution in [0.15, 0.2) is 10.9 Å². The van der Waals surface area contributed by atoms with Crippen molar-refractivity contribution in [3.05, 3.63) is 12.0 Å². The monoisotopic (exact) mass is 261 g/mol. The molecule has 0 amide bonds. The first-order chi connectivity index (χ1) is 9.22. The first-order valence-electron chi connectivity index (χ1n) is 6.76. The molecule has 1 aliphatic heterocycles. The van der Waals surface area contributed by atoms with Gasteiger partial charge in [0.15, 0.2) is 0 Å². The van der Waals surface area contributed by atoms with E-state index in [0.29, 0.717) is 24.2 Å². The number of aryl methyl sites for hydroxylation is 1. The topological polar surface area (TPSA) is 81.1 Å². The molecule has 0 saturated carbocycles. The van der Waals surface area contributed by atoms with E-state index in [9.17, 15) is 0 Å². The van der Waals surface area contributed by atoms with Gasteiger partial charge in [-0.3, -0.25) is 0 Å². The molecular weight excluding hydrogens is 242 g/mol. The summed E-state index contributed by atoms with van der Waals surface area (Å²) < 4.78 is 5.22. The molecule has 3 rings (SSSR count). The predicted molar refractivity (Wildman–Crippen MR) is 72.9 cm³/mol. The smallest absolute Gasteiger partial charge is 0.263 e. The van der Waals surface area contributed by atoms with Crippen LogP contribution in [0.1, 0.15) is 25.5 Å². The van der Waals surface area contributed by atoms with Crippen molar-refractivity contribution in [1.82, 2.24) is 15.1 Å². The van der Waals surface area contributed by atoms with Crippen molar-refractivity contribution in [2.45, 2.75) is 32.7 Å². The lowest BCUT2D eigenvalue weighted by Gasteiger charge is -2.40. The second-order valence-corrected chi connectivity index (χ2v) is 5.26. The molecule has 0 aliphatic carbocycles. The largest absolute Gasteiger partial charge is 0.351 e. The summed E-state index contributed by atoms with van der Waals surface area (Å²) in [6.07, 6.45) is 3.91. The third-order valence-corrected chi connectivity index (χ3v) is 4.05. The number of hydrogen-bond donors (Lipinski definition) is 1. The van der Waals surface area contributed by atoms with Crippen molar-refractivity contribution in [2.75, 3.05) is 18.0 Å². The number of fused-ring (bicyclic) bond motifs is 1. The molecule has 102 valence electrons. The zero-order chi connectivity index (χ0) is 13.4. The van der Waals surface area contributed by atoms with Gasteiger partial charge in [-0.2, -0.15) is 4.98 Å². The zero-order valence-electron chi connectivity index (χ0n) is 11.3. The number of rotatable bonds is 2. The summed E-state index contributed by atoms with van der Waals surface area (Å²) in [6, 6.07) is 0.321. The quantitative estimate of drug-likeness (QED) is 0.882. The van der Waals surface area contributed by atoms with Crippen LogP contribution < -0.4 is 10.6 Å². The maximum absolute atomic E-state index is 5.95. The maximum atomic E-state index is 5.95. The van der Waals surface area contributed by atoms with Crippen molar-refractivity contribution < 1.29 is 4.52 Å². The number of nitrogens with zero attached hydrogens (tertiary/aromatic N) is 4. The molecule has 2 aromatic heterocycles. The Kier molecular flexibility index (Phi) is 3.10. The summed E-state index contributed by atoms with van der Waals surface area (Å²) in [5, 5.41) is 4.90. The van der Waals surface area contributed by atoms with Gasteiger partial charge in [-0.05, 0) is 25.7 Å². The van der Waals surface area contributed by atoms with E-state index in [0.717, 1.165) is 29.9 Å². The molecule has 1 saturated heterocycles. The molecule has 0 aromatic carbocycles. The van der Waals surface area contributed by atoms with Crippen molar-refractivity contribution >= 4 is 16.9 Å². The molecule has 2 atom stereocenters. The summed E-state index contributed by atoms with van der Waals surface area (Å²) in [7, 11) is 0. The molecule has 6 heteroatoms. The van der Waals surface area contributed by atoms with Gasteiger partial charge in [-0.15, -0.1) is 0 Å². The molecule has 1 aliphatic rings. The standard InChI is InChI=1S/C13H19N5O/c1-8-4-3-5-18(10(8)6-14)12-11-9(2)17-19-13(11)16-7-15-12/h7-8,10H,3-6,14H2,1-2H3. The molecule has 0 bridgehead atoms. The highest BCUT2D eigenvalue weighted by Gasteiger charge is 2.30. The third kappa shape index (κ3) is 1.96. The van der Waals surface area contributed by atoms with E-state index in [4.69, 9.17) is 10.3 Å². The van der Waals surface area contributed by atoms with Gasteiger partial charge >= 0.3 is 0 Å². The Hall–Kier alpha value is -1.69. The van der Waals surface area contributed by atoms with Crippen molar-refractivity contribution in [3.63, 3.8) is 0 Å². The van der Waals surface area contributed by atoms with E-state index in [1.54, 1.807) is 0 Å². The lowest BCUT2D eigenvalue weighted by Crippen LogP contribution is -2.49. The van der Waals surface area contributed by atoms with E-state index in [1.807, 2.05) is 6.92 Å². The molecule has 0 radical (unpaired) electrons. The van der Waals surface area contributed by atoms with Crippen molar-refractivity contribution in [2.24, 2.45) is 11.7 Å². The molecule has 2 aromatic rings. The van der Waals surface area contributed by atoms with Crippen LogP contribution >= 0.6 is 0 Å². The van der Waals surface area contributed by atoms with Gasteiger partial charge in [-0.1, -0.05) is 12.1 Å². The Balaban J connectivity index is 2.09. The molecular formula is C13H19N5O. The lowest BCUT2D eigenvalue weighted by atomic mass is 9.90. The number of aromatic nitrogens is 3. The van der Waals surface area contributed by atoms with Gasteiger partial charge in [-0.25, -0.2) is 4.98 Å². The molecule has 2 unspecified atom stereocenters. The Bertz CT molecular complexity index is 581. The van der Waals surface area contributed by atoms with Crippen LogP contribution in [0.3, 0.4) is 0 Å². The average molecular weight is 261 g/mol. The van der Waals surface area contributed by atoms with Crippen LogP contribution in [0.4, 0.5) is 5.82 Å². The molecule has 19 heavy (non-hydrogen) atoms. The van der Waals surface area contributed by atoms with E-state index in [-0.39, 0.29) is 0 Å². The van der Waals surface area contributed by atoms with E-state index < -0.39 is 0 Å². The van der Waals surface area contributed by atoms with E-state index in [2.05, 4.69) is 26.9 Å². The highest BCUT2D eigenvalue weighted by atomic mass is 16.5. The van der Waals surface area contributed by atoms with Gasteiger partial charge in [0, 0.05) is 19.1 Å². The molecule has 1 fully saturated rings. The highest BCUT2D eigenvalue weighted by Crippen LogP contribution is 2.32. The minimum Gasteiger partial charge on any atom is -0.351 e. The molecule has 3 heterocycles. The summed E-state index contributed by atoms with van der Waals surface area (Å²) in [6.45, 7) is 5.78. The zero-order valence-corrected chi connectivity index (χ0v) is 11.3. The normalized spacial score (nSPS) is 24.1. The Morgan fingerprint density at radius 3 is 3.11 bits per heavy atom. The summed E-state index contributed by atoms with van der Waals surface area (Å²) in [5.41, 5.74) is 7.34. The fraction of sp³-hybridized carbons (Fsp3) is 0.615. The SMILES string of the molecule is Cc1noc2ncnc(N3CCCC(C)C3CN)c12. The Morgan fingerprint density at radius 2 is 2.32 bits per heavy atom. The van der Waals surface area contributed by atoms with Crippen LogP contribution in [-0.2, 0) is 0 Å². The van der Waals surface area contributed by atoms with Gasteiger partial charge in [0.25, 0.3) is 5.71 Å². The van der Waals surface area contributed by atoms with Crippen LogP contribution in [0.2, 0.25) is 0 Å². The van der Waals surface area contributed by atoms with Crippen LogP contribution in [0, 0.1) is 12.8 Å². The molecule has 2 N–H and O–H groups in total. The first kappa shape index (κ1) is 12.3. The van der Waals surface area contributed by atoms with Gasteiger partial charge in [0.2, 0.25) is 0 Å². The van der Waals surface area contributed by atoms with Gasteiger partial charge < -0.3 is 15.2 Å². The minimum atomic E-state index is 0.321. The Labute approximate surface area is 112 Å². The lowest BCUT2D eigenvalue weighted by molar-refractivity contribution is 0.348. The average Bonchev–Trinajstić information content (AvgIpc) is 2.80. The van der Waals surface area contributed by atoms with Gasteiger partial charge in [0.05, 0.1) is 5.69 Å². The summed E-state index contributed by atoms with van der Waals surface area (Å²) in [4.78, 5) is 10.9. The number of hydrogen-bond acceptors (Lipinski definition) is 6. The van der Waals surface area contributed by atoms with Crippen LogP contribution in [0.25, 0.3) is 11.1 Å². The number of anilines is 1. The summed E-state index contributed by atoms with van der Waals surface area (Å²) >= 11 is 0.